The SMILES string of the molecule is CNC(=O)c1ccc(C)c(Nc2nc(Cl)nc(Cl)n2)c1. The Hall–Kier alpha value is -1.92. The third-order valence-corrected chi connectivity index (χ3v) is 2.89. The Morgan fingerprint density at radius 2 is 1.80 bits per heavy atom. The first kappa shape index (κ1) is 14.5. The molecule has 8 heteroatoms. The van der Waals surface area contributed by atoms with Gasteiger partial charge in [-0.15, -0.1) is 0 Å². The molecule has 0 aliphatic heterocycles. The zero-order chi connectivity index (χ0) is 14.7. The highest BCUT2D eigenvalue weighted by atomic mass is 35.5. The summed E-state index contributed by atoms with van der Waals surface area (Å²) in [7, 11) is 1.57. The van der Waals surface area contributed by atoms with Crippen LogP contribution in [0.15, 0.2) is 18.2 Å². The molecule has 1 amide bonds. The van der Waals surface area contributed by atoms with Crippen LogP contribution in [0.1, 0.15) is 15.9 Å². The first-order valence-electron chi connectivity index (χ1n) is 5.66. The predicted octanol–water partition coefficient (Wildman–Crippen LogP) is 2.59. The molecule has 2 N–H and O–H groups in total. The van der Waals surface area contributed by atoms with Gasteiger partial charge in [0.2, 0.25) is 16.5 Å². The van der Waals surface area contributed by atoms with Crippen molar-refractivity contribution in [2.24, 2.45) is 0 Å². The van der Waals surface area contributed by atoms with Crippen molar-refractivity contribution in [3.05, 3.63) is 39.9 Å². The maximum Gasteiger partial charge on any atom is 0.251 e. The van der Waals surface area contributed by atoms with Crippen molar-refractivity contribution in [2.75, 3.05) is 12.4 Å². The van der Waals surface area contributed by atoms with Gasteiger partial charge < -0.3 is 10.6 Å². The lowest BCUT2D eigenvalue weighted by Crippen LogP contribution is -2.18. The van der Waals surface area contributed by atoms with E-state index in [2.05, 4.69) is 25.6 Å². The molecule has 0 spiro atoms. The molecule has 1 aromatic carbocycles. The van der Waals surface area contributed by atoms with E-state index in [1.165, 1.54) is 0 Å². The summed E-state index contributed by atoms with van der Waals surface area (Å²) in [4.78, 5) is 23.1. The fourth-order valence-corrected chi connectivity index (χ4v) is 1.91. The topological polar surface area (TPSA) is 79.8 Å². The number of halogens is 2. The van der Waals surface area contributed by atoms with Crippen LogP contribution in [0.25, 0.3) is 0 Å². The quantitative estimate of drug-likeness (QED) is 0.910. The Morgan fingerprint density at radius 3 is 2.40 bits per heavy atom. The lowest BCUT2D eigenvalue weighted by molar-refractivity contribution is 0.0963. The minimum absolute atomic E-state index is 0.00684. The van der Waals surface area contributed by atoms with Gasteiger partial charge in [0.1, 0.15) is 0 Å². The second kappa shape index (κ2) is 6.02. The number of amides is 1. The summed E-state index contributed by atoms with van der Waals surface area (Å²) >= 11 is 11.4. The summed E-state index contributed by atoms with van der Waals surface area (Å²) in [5.74, 6) is 0.0342. The minimum Gasteiger partial charge on any atom is -0.355 e. The summed E-state index contributed by atoms with van der Waals surface area (Å²) in [5, 5.41) is 5.51. The number of hydrogen-bond donors (Lipinski definition) is 2. The van der Waals surface area contributed by atoms with E-state index in [9.17, 15) is 4.79 Å². The third kappa shape index (κ3) is 3.34. The fourth-order valence-electron chi connectivity index (χ4n) is 1.54. The Labute approximate surface area is 125 Å². The smallest absolute Gasteiger partial charge is 0.251 e. The standard InChI is InChI=1S/C12H11Cl2N5O/c1-6-3-4-7(9(20)15-2)5-8(6)16-12-18-10(13)17-11(14)19-12/h3-5H,1-2H3,(H,15,20)(H,16,17,18,19). The third-order valence-electron chi connectivity index (χ3n) is 2.55. The fraction of sp³-hybridized carbons (Fsp3) is 0.167. The molecule has 0 unspecified atom stereocenters. The van der Waals surface area contributed by atoms with Gasteiger partial charge >= 0.3 is 0 Å². The van der Waals surface area contributed by atoms with Crippen molar-refractivity contribution in [1.82, 2.24) is 20.3 Å². The molecule has 0 radical (unpaired) electrons. The normalized spacial score (nSPS) is 10.2. The minimum atomic E-state index is -0.181. The molecule has 6 nitrogen and oxygen atoms in total. The number of nitrogens with zero attached hydrogens (tertiary/aromatic N) is 3. The van der Waals surface area contributed by atoms with Crippen LogP contribution >= 0.6 is 23.2 Å². The van der Waals surface area contributed by atoms with Crippen LogP contribution in [-0.2, 0) is 0 Å². The van der Waals surface area contributed by atoms with Crippen LogP contribution in [0.4, 0.5) is 11.6 Å². The largest absolute Gasteiger partial charge is 0.355 e. The lowest BCUT2D eigenvalue weighted by Gasteiger charge is -2.10. The number of rotatable bonds is 3. The van der Waals surface area contributed by atoms with E-state index in [1.54, 1.807) is 19.2 Å². The van der Waals surface area contributed by atoms with E-state index in [4.69, 9.17) is 23.2 Å². The van der Waals surface area contributed by atoms with E-state index in [0.717, 1.165) is 5.56 Å². The maximum absolute atomic E-state index is 11.6. The number of aromatic nitrogens is 3. The van der Waals surface area contributed by atoms with Crippen LogP contribution in [0.5, 0.6) is 0 Å². The Bertz CT molecular complexity index is 642. The van der Waals surface area contributed by atoms with Gasteiger partial charge in [-0.25, -0.2) is 0 Å². The summed E-state index contributed by atoms with van der Waals surface area (Å²) in [6, 6.07) is 5.24. The maximum atomic E-state index is 11.6. The molecule has 0 aliphatic rings. The number of anilines is 2. The van der Waals surface area contributed by atoms with E-state index in [1.807, 2.05) is 13.0 Å². The number of aryl methyl sites for hydroxylation is 1. The predicted molar refractivity (Wildman–Crippen MR) is 77.7 cm³/mol. The van der Waals surface area contributed by atoms with Crippen LogP contribution in [0.3, 0.4) is 0 Å². The highest BCUT2D eigenvalue weighted by molar-refractivity contribution is 6.31. The van der Waals surface area contributed by atoms with Gasteiger partial charge in [0, 0.05) is 18.3 Å². The highest BCUT2D eigenvalue weighted by Crippen LogP contribution is 2.21. The Morgan fingerprint density at radius 1 is 1.15 bits per heavy atom. The molecule has 0 saturated carbocycles. The molecule has 1 aromatic heterocycles. The molecule has 0 atom stereocenters. The van der Waals surface area contributed by atoms with Gasteiger partial charge in [-0.1, -0.05) is 6.07 Å². The first-order valence-corrected chi connectivity index (χ1v) is 6.42. The molecule has 20 heavy (non-hydrogen) atoms. The lowest BCUT2D eigenvalue weighted by atomic mass is 10.1. The van der Waals surface area contributed by atoms with E-state index < -0.39 is 0 Å². The van der Waals surface area contributed by atoms with Crippen LogP contribution < -0.4 is 10.6 Å². The summed E-state index contributed by atoms with van der Waals surface area (Å²) in [6.45, 7) is 1.89. The zero-order valence-electron chi connectivity index (χ0n) is 10.7. The average molecular weight is 312 g/mol. The van der Waals surface area contributed by atoms with Gasteiger partial charge in [0.05, 0.1) is 0 Å². The molecular formula is C12H11Cl2N5O. The molecule has 0 saturated heterocycles. The monoisotopic (exact) mass is 311 g/mol. The summed E-state index contributed by atoms with van der Waals surface area (Å²) in [5.41, 5.74) is 2.13. The molecule has 0 aliphatic carbocycles. The van der Waals surface area contributed by atoms with Crippen molar-refractivity contribution in [3.63, 3.8) is 0 Å². The number of carbonyl (C=O) groups excluding carboxylic acids is 1. The summed E-state index contributed by atoms with van der Waals surface area (Å²) in [6.07, 6.45) is 0. The molecule has 104 valence electrons. The summed E-state index contributed by atoms with van der Waals surface area (Å²) < 4.78 is 0. The number of nitrogens with one attached hydrogen (secondary N) is 2. The van der Waals surface area contributed by atoms with Gasteiger partial charge in [0.25, 0.3) is 5.91 Å². The first-order chi connectivity index (χ1) is 9.49. The van der Waals surface area contributed by atoms with E-state index in [-0.39, 0.29) is 22.4 Å². The molecule has 2 aromatic rings. The van der Waals surface area contributed by atoms with Crippen molar-refractivity contribution < 1.29 is 4.79 Å². The van der Waals surface area contributed by atoms with Crippen molar-refractivity contribution in [1.29, 1.82) is 0 Å². The number of carbonyl (C=O) groups is 1. The van der Waals surface area contributed by atoms with Gasteiger partial charge in [0.15, 0.2) is 0 Å². The zero-order valence-corrected chi connectivity index (χ0v) is 12.2. The van der Waals surface area contributed by atoms with Crippen molar-refractivity contribution in [2.45, 2.75) is 6.92 Å². The van der Waals surface area contributed by atoms with Crippen LogP contribution in [0.2, 0.25) is 10.6 Å². The Kier molecular flexibility index (Phi) is 4.36. The number of hydrogen-bond acceptors (Lipinski definition) is 5. The van der Waals surface area contributed by atoms with Crippen LogP contribution in [0, 0.1) is 6.92 Å². The van der Waals surface area contributed by atoms with Crippen molar-refractivity contribution >= 4 is 40.7 Å². The van der Waals surface area contributed by atoms with Crippen molar-refractivity contribution in [3.8, 4) is 0 Å². The highest BCUT2D eigenvalue weighted by Gasteiger charge is 2.09. The van der Waals surface area contributed by atoms with Gasteiger partial charge in [-0.3, -0.25) is 4.79 Å². The average Bonchev–Trinajstić information content (AvgIpc) is 2.39. The molecule has 0 fully saturated rings. The van der Waals surface area contributed by atoms with E-state index >= 15 is 0 Å². The second-order valence-corrected chi connectivity index (χ2v) is 4.61. The van der Waals surface area contributed by atoms with Crippen LogP contribution in [-0.4, -0.2) is 27.9 Å². The molecule has 2 rings (SSSR count). The van der Waals surface area contributed by atoms with E-state index in [0.29, 0.717) is 11.3 Å². The number of benzene rings is 1. The Balaban J connectivity index is 2.34. The van der Waals surface area contributed by atoms with Gasteiger partial charge in [-0.05, 0) is 47.8 Å². The molecular weight excluding hydrogens is 301 g/mol. The molecule has 0 bridgehead atoms. The second-order valence-electron chi connectivity index (χ2n) is 3.93. The van der Waals surface area contributed by atoms with Gasteiger partial charge in [-0.2, -0.15) is 15.0 Å². The molecule has 1 heterocycles.